The molecule has 1 fully saturated rings. The van der Waals surface area contributed by atoms with Crippen LogP contribution in [0.1, 0.15) is 50.5 Å². The van der Waals surface area contributed by atoms with Gasteiger partial charge in [-0.2, -0.15) is 0 Å². The van der Waals surface area contributed by atoms with Gasteiger partial charge in [-0.15, -0.1) is 13.2 Å². The fourth-order valence-electron chi connectivity index (χ4n) is 4.39. The van der Waals surface area contributed by atoms with Gasteiger partial charge in [-0.25, -0.2) is 8.78 Å². The number of halogens is 5. The number of unbranched alkanes of at least 4 members (excludes halogenated alkanes) is 2. The summed E-state index contributed by atoms with van der Waals surface area (Å²) in [6.45, 7) is 2.20. The van der Waals surface area contributed by atoms with E-state index in [1.165, 1.54) is 61.7 Å². The zero-order valence-corrected chi connectivity index (χ0v) is 18.2. The van der Waals surface area contributed by atoms with Gasteiger partial charge in [-0.05, 0) is 54.2 Å². The van der Waals surface area contributed by atoms with Gasteiger partial charge >= 0.3 is 6.36 Å². The standard InChI is InChI=1S/C23H27F5OSi/c1-2-3-4-11-30-12-9-16(10-13-30)18-14-20(24)22(21(25)15-18)17-5-7-19(8-6-17)29-23(26,27)28/h5-8,14-16,30H,2-4,9-13H2,1H3. The van der Waals surface area contributed by atoms with E-state index < -0.39 is 32.5 Å². The summed E-state index contributed by atoms with van der Waals surface area (Å²) in [4.78, 5) is 0. The zero-order valence-electron chi connectivity index (χ0n) is 17.1. The quantitative estimate of drug-likeness (QED) is 0.241. The Labute approximate surface area is 175 Å². The van der Waals surface area contributed by atoms with Crippen LogP contribution in [0, 0.1) is 11.6 Å². The van der Waals surface area contributed by atoms with Gasteiger partial charge in [0.25, 0.3) is 0 Å². The smallest absolute Gasteiger partial charge is 0.406 e. The summed E-state index contributed by atoms with van der Waals surface area (Å²) in [7, 11) is -0.703. The minimum Gasteiger partial charge on any atom is -0.406 e. The number of hydrogen-bond acceptors (Lipinski definition) is 1. The Kier molecular flexibility index (Phi) is 7.55. The van der Waals surface area contributed by atoms with Crippen LogP contribution in [0.2, 0.25) is 18.1 Å². The van der Waals surface area contributed by atoms with Gasteiger partial charge in [0.15, 0.2) is 0 Å². The van der Waals surface area contributed by atoms with Crippen LogP contribution in [0.15, 0.2) is 36.4 Å². The summed E-state index contributed by atoms with van der Waals surface area (Å²) in [5.41, 5.74) is 0.643. The van der Waals surface area contributed by atoms with Gasteiger partial charge < -0.3 is 4.74 Å². The van der Waals surface area contributed by atoms with Crippen molar-refractivity contribution in [2.75, 3.05) is 0 Å². The molecule has 0 bridgehead atoms. The van der Waals surface area contributed by atoms with E-state index in [0.717, 1.165) is 25.0 Å². The Morgan fingerprint density at radius 2 is 1.57 bits per heavy atom. The van der Waals surface area contributed by atoms with Crippen molar-refractivity contribution in [2.24, 2.45) is 0 Å². The molecule has 0 aromatic heterocycles. The summed E-state index contributed by atoms with van der Waals surface area (Å²) in [5.74, 6) is -1.61. The van der Waals surface area contributed by atoms with Crippen molar-refractivity contribution in [3.63, 3.8) is 0 Å². The normalized spacial score (nSPS) is 19.7. The Morgan fingerprint density at radius 3 is 2.10 bits per heavy atom. The molecule has 0 spiro atoms. The first kappa shape index (κ1) is 22.8. The van der Waals surface area contributed by atoms with E-state index in [-0.39, 0.29) is 17.0 Å². The maximum atomic E-state index is 14.8. The second-order valence-electron chi connectivity index (χ2n) is 8.15. The van der Waals surface area contributed by atoms with Gasteiger partial charge in [-0.3, -0.25) is 0 Å². The van der Waals surface area contributed by atoms with E-state index >= 15 is 0 Å². The molecule has 2 aromatic rings. The lowest BCUT2D eigenvalue weighted by Crippen LogP contribution is -2.20. The number of ether oxygens (including phenoxy) is 1. The highest BCUT2D eigenvalue weighted by Gasteiger charge is 2.31. The van der Waals surface area contributed by atoms with Crippen molar-refractivity contribution in [3.8, 4) is 16.9 Å². The molecule has 1 aliphatic heterocycles. The lowest BCUT2D eigenvalue weighted by Gasteiger charge is -2.28. The van der Waals surface area contributed by atoms with Crippen LogP contribution in [-0.2, 0) is 0 Å². The maximum Gasteiger partial charge on any atom is 0.573 e. The van der Waals surface area contributed by atoms with Gasteiger partial charge in [0.2, 0.25) is 0 Å². The second kappa shape index (κ2) is 9.94. The molecule has 1 heterocycles. The summed E-state index contributed by atoms with van der Waals surface area (Å²) >= 11 is 0. The van der Waals surface area contributed by atoms with Crippen molar-refractivity contribution in [3.05, 3.63) is 53.6 Å². The van der Waals surface area contributed by atoms with Crippen molar-refractivity contribution in [2.45, 2.75) is 69.4 Å². The number of benzene rings is 2. The number of alkyl halides is 3. The van der Waals surface area contributed by atoms with Crippen LogP contribution in [-0.4, -0.2) is 15.2 Å². The Bertz CT molecular complexity index is 803. The summed E-state index contributed by atoms with van der Waals surface area (Å²) in [6.07, 6.45) is 0.997. The maximum absolute atomic E-state index is 14.8. The van der Waals surface area contributed by atoms with E-state index in [9.17, 15) is 22.0 Å². The first-order chi connectivity index (χ1) is 14.3. The third-order valence-corrected chi connectivity index (χ3v) is 9.50. The van der Waals surface area contributed by atoms with Crippen molar-refractivity contribution in [1.29, 1.82) is 0 Å². The third kappa shape index (κ3) is 6.06. The van der Waals surface area contributed by atoms with Gasteiger partial charge in [-0.1, -0.05) is 56.5 Å². The second-order valence-corrected chi connectivity index (χ2v) is 11.6. The molecule has 0 radical (unpaired) electrons. The first-order valence-electron chi connectivity index (χ1n) is 10.6. The van der Waals surface area contributed by atoms with E-state index in [1.807, 2.05) is 0 Å². The van der Waals surface area contributed by atoms with Crippen molar-refractivity contribution >= 4 is 8.80 Å². The molecule has 0 saturated carbocycles. The molecule has 3 rings (SSSR count). The fourth-order valence-corrected chi connectivity index (χ4v) is 7.87. The molecule has 0 aliphatic carbocycles. The SMILES string of the molecule is CCCCC[SiH]1CCC(c2cc(F)c(-c3ccc(OC(F)(F)F)cc3)c(F)c2)CC1. The molecule has 1 nitrogen and oxygen atoms in total. The van der Waals surface area contributed by atoms with E-state index in [0.29, 0.717) is 5.56 Å². The summed E-state index contributed by atoms with van der Waals surface area (Å²) in [5, 5.41) is 0. The molecule has 0 unspecified atom stereocenters. The highest BCUT2D eigenvalue weighted by Crippen LogP contribution is 2.38. The van der Waals surface area contributed by atoms with Crippen molar-refractivity contribution < 1.29 is 26.7 Å². The van der Waals surface area contributed by atoms with E-state index in [4.69, 9.17) is 0 Å². The van der Waals surface area contributed by atoms with Crippen LogP contribution in [0.25, 0.3) is 11.1 Å². The predicted molar refractivity (Wildman–Crippen MR) is 112 cm³/mol. The van der Waals surface area contributed by atoms with Gasteiger partial charge in [0.1, 0.15) is 17.4 Å². The molecular weight excluding hydrogens is 415 g/mol. The Balaban J connectivity index is 1.69. The minimum absolute atomic E-state index is 0.179. The van der Waals surface area contributed by atoms with Crippen LogP contribution >= 0.6 is 0 Å². The monoisotopic (exact) mass is 442 g/mol. The molecule has 0 atom stereocenters. The molecule has 30 heavy (non-hydrogen) atoms. The molecule has 1 aliphatic rings. The van der Waals surface area contributed by atoms with Gasteiger partial charge in [0, 0.05) is 8.80 Å². The Hall–Kier alpha value is -1.89. The average molecular weight is 443 g/mol. The minimum atomic E-state index is -4.81. The van der Waals surface area contributed by atoms with Crippen molar-refractivity contribution in [1.82, 2.24) is 0 Å². The van der Waals surface area contributed by atoms with Crippen LogP contribution in [0.3, 0.4) is 0 Å². The van der Waals surface area contributed by atoms with E-state index in [2.05, 4.69) is 11.7 Å². The fraction of sp³-hybridized carbons (Fsp3) is 0.478. The molecule has 7 heteroatoms. The van der Waals surface area contributed by atoms with Crippen LogP contribution in [0.5, 0.6) is 5.75 Å². The van der Waals surface area contributed by atoms with Crippen LogP contribution in [0.4, 0.5) is 22.0 Å². The molecule has 164 valence electrons. The summed E-state index contributed by atoms with van der Waals surface area (Å²) in [6, 6.07) is 11.2. The highest BCUT2D eigenvalue weighted by molar-refractivity contribution is 6.59. The highest BCUT2D eigenvalue weighted by atomic mass is 28.3. The largest absolute Gasteiger partial charge is 0.573 e. The molecule has 2 aromatic carbocycles. The predicted octanol–water partition coefficient (Wildman–Crippen LogP) is 7.83. The topological polar surface area (TPSA) is 9.23 Å². The lowest BCUT2D eigenvalue weighted by atomic mass is 9.91. The Morgan fingerprint density at radius 1 is 0.967 bits per heavy atom. The number of hydrogen-bond donors (Lipinski definition) is 0. The zero-order chi connectivity index (χ0) is 21.7. The lowest BCUT2D eigenvalue weighted by molar-refractivity contribution is -0.274. The van der Waals surface area contributed by atoms with Gasteiger partial charge in [0.05, 0.1) is 5.56 Å². The molecule has 1 saturated heterocycles. The molecule has 0 amide bonds. The van der Waals surface area contributed by atoms with E-state index in [1.54, 1.807) is 0 Å². The summed E-state index contributed by atoms with van der Waals surface area (Å²) < 4.78 is 70.2. The molecule has 0 N–H and O–H groups in total. The first-order valence-corrected chi connectivity index (χ1v) is 13.1. The average Bonchev–Trinajstić information content (AvgIpc) is 2.68. The van der Waals surface area contributed by atoms with Crippen LogP contribution < -0.4 is 4.74 Å². The number of rotatable bonds is 7. The molecular formula is C23H27F5OSi. The third-order valence-electron chi connectivity index (χ3n) is 5.98.